The van der Waals surface area contributed by atoms with Crippen molar-refractivity contribution in [3.05, 3.63) is 0 Å². The largest absolute Gasteiger partial charge is 0.311 e. The molecule has 0 aromatic heterocycles. The maximum absolute atomic E-state index is 3.80. The minimum Gasteiger partial charge on any atom is -0.311 e. The molecule has 5 atom stereocenters. The summed E-state index contributed by atoms with van der Waals surface area (Å²) in [6.45, 7) is 16.8. The van der Waals surface area contributed by atoms with E-state index in [2.05, 4.69) is 51.8 Å². The molecule has 2 rings (SSSR count). The SMILES string of the molecule is CCC1CNC(C(C)(C)C)CN1C1CCC(C)C1C. The molecule has 2 heteroatoms. The Morgan fingerprint density at radius 3 is 2.32 bits per heavy atom. The normalized spacial score (nSPS) is 41.7. The fourth-order valence-corrected chi connectivity index (χ4v) is 3.99. The molecule has 0 radical (unpaired) electrons. The van der Waals surface area contributed by atoms with Crippen molar-refractivity contribution in [2.45, 2.75) is 78.9 Å². The van der Waals surface area contributed by atoms with Crippen LogP contribution < -0.4 is 5.32 Å². The van der Waals surface area contributed by atoms with E-state index in [0.717, 1.165) is 23.9 Å². The van der Waals surface area contributed by atoms with E-state index in [1.54, 1.807) is 0 Å². The number of nitrogens with one attached hydrogen (secondary N) is 1. The molecule has 1 saturated heterocycles. The second kappa shape index (κ2) is 5.73. The molecule has 0 spiro atoms. The highest BCUT2D eigenvalue weighted by molar-refractivity contribution is 4.97. The summed E-state index contributed by atoms with van der Waals surface area (Å²) in [5, 5.41) is 3.80. The summed E-state index contributed by atoms with van der Waals surface area (Å²) in [7, 11) is 0. The zero-order valence-electron chi connectivity index (χ0n) is 13.9. The van der Waals surface area contributed by atoms with Crippen molar-refractivity contribution in [3.8, 4) is 0 Å². The quantitative estimate of drug-likeness (QED) is 0.822. The van der Waals surface area contributed by atoms with Crippen molar-refractivity contribution in [1.29, 1.82) is 0 Å². The van der Waals surface area contributed by atoms with E-state index in [9.17, 15) is 0 Å². The second-order valence-electron chi connectivity index (χ2n) is 8.07. The molecule has 1 saturated carbocycles. The molecule has 1 heterocycles. The van der Waals surface area contributed by atoms with Crippen molar-refractivity contribution in [1.82, 2.24) is 10.2 Å². The van der Waals surface area contributed by atoms with Gasteiger partial charge < -0.3 is 5.32 Å². The zero-order valence-corrected chi connectivity index (χ0v) is 13.9. The average molecular weight is 266 g/mol. The summed E-state index contributed by atoms with van der Waals surface area (Å²) < 4.78 is 0. The number of nitrogens with zero attached hydrogens (tertiary/aromatic N) is 1. The highest BCUT2D eigenvalue weighted by Crippen LogP contribution is 2.37. The second-order valence-corrected chi connectivity index (χ2v) is 8.07. The first-order valence-corrected chi connectivity index (χ1v) is 8.33. The summed E-state index contributed by atoms with van der Waals surface area (Å²) in [6, 6.07) is 2.21. The maximum Gasteiger partial charge on any atom is 0.0244 e. The van der Waals surface area contributed by atoms with Crippen molar-refractivity contribution in [3.63, 3.8) is 0 Å². The van der Waals surface area contributed by atoms with Gasteiger partial charge in [-0.1, -0.05) is 41.5 Å². The van der Waals surface area contributed by atoms with Crippen molar-refractivity contribution in [2.75, 3.05) is 13.1 Å². The topological polar surface area (TPSA) is 15.3 Å². The molecule has 19 heavy (non-hydrogen) atoms. The van der Waals surface area contributed by atoms with Crippen LogP contribution in [0, 0.1) is 17.3 Å². The van der Waals surface area contributed by atoms with Crippen LogP contribution in [0.15, 0.2) is 0 Å². The van der Waals surface area contributed by atoms with Gasteiger partial charge in [0.05, 0.1) is 0 Å². The third-order valence-corrected chi connectivity index (χ3v) is 5.83. The third kappa shape index (κ3) is 3.16. The van der Waals surface area contributed by atoms with Gasteiger partial charge in [-0.3, -0.25) is 4.90 Å². The van der Waals surface area contributed by atoms with Crippen molar-refractivity contribution < 1.29 is 0 Å². The van der Waals surface area contributed by atoms with Crippen LogP contribution in [0.2, 0.25) is 0 Å². The predicted octanol–water partition coefficient (Wildman–Crippen LogP) is 3.52. The minimum atomic E-state index is 0.365. The highest BCUT2D eigenvalue weighted by Gasteiger charge is 2.41. The van der Waals surface area contributed by atoms with Gasteiger partial charge in [-0.25, -0.2) is 0 Å². The van der Waals surface area contributed by atoms with Crippen molar-refractivity contribution >= 4 is 0 Å². The number of hydrogen-bond acceptors (Lipinski definition) is 2. The molecule has 2 nitrogen and oxygen atoms in total. The summed E-state index contributed by atoms with van der Waals surface area (Å²) >= 11 is 0. The molecule has 2 fully saturated rings. The smallest absolute Gasteiger partial charge is 0.0244 e. The van der Waals surface area contributed by atoms with Gasteiger partial charge >= 0.3 is 0 Å². The lowest BCUT2D eigenvalue weighted by Gasteiger charge is -2.48. The third-order valence-electron chi connectivity index (χ3n) is 5.83. The van der Waals surface area contributed by atoms with E-state index in [0.29, 0.717) is 11.5 Å². The van der Waals surface area contributed by atoms with E-state index in [1.807, 2.05) is 0 Å². The molecule has 1 N–H and O–H groups in total. The monoisotopic (exact) mass is 266 g/mol. The van der Waals surface area contributed by atoms with Gasteiger partial charge in [0.1, 0.15) is 0 Å². The van der Waals surface area contributed by atoms with Crippen LogP contribution in [0.3, 0.4) is 0 Å². The van der Waals surface area contributed by atoms with E-state index in [-0.39, 0.29) is 0 Å². The Kier molecular flexibility index (Phi) is 4.62. The summed E-state index contributed by atoms with van der Waals surface area (Å²) in [6.07, 6.45) is 4.11. The van der Waals surface area contributed by atoms with Crippen LogP contribution in [0.1, 0.15) is 60.8 Å². The lowest BCUT2D eigenvalue weighted by atomic mass is 9.83. The Balaban J connectivity index is 2.10. The molecular formula is C17H34N2. The molecule has 0 aromatic carbocycles. The first-order valence-electron chi connectivity index (χ1n) is 8.33. The summed E-state index contributed by atoms with van der Waals surface area (Å²) in [5.41, 5.74) is 0.365. The summed E-state index contributed by atoms with van der Waals surface area (Å²) in [4.78, 5) is 2.86. The van der Waals surface area contributed by atoms with E-state index >= 15 is 0 Å². The zero-order chi connectivity index (χ0) is 14.2. The minimum absolute atomic E-state index is 0.365. The fourth-order valence-electron chi connectivity index (χ4n) is 3.99. The lowest BCUT2D eigenvalue weighted by Crippen LogP contribution is -2.62. The van der Waals surface area contributed by atoms with Crippen LogP contribution >= 0.6 is 0 Å². The van der Waals surface area contributed by atoms with Gasteiger partial charge in [0.15, 0.2) is 0 Å². The standard InChI is InChI=1S/C17H34N2/c1-7-14-10-18-16(17(4,5)6)11-19(14)15-9-8-12(2)13(15)3/h12-16,18H,7-11H2,1-6H3. The van der Waals surface area contributed by atoms with E-state index in [4.69, 9.17) is 0 Å². The molecular weight excluding hydrogens is 232 g/mol. The Hall–Kier alpha value is -0.0800. The molecule has 112 valence electrons. The van der Waals surface area contributed by atoms with Gasteiger partial charge in [-0.05, 0) is 36.5 Å². The maximum atomic E-state index is 3.80. The van der Waals surface area contributed by atoms with Crippen molar-refractivity contribution in [2.24, 2.45) is 17.3 Å². The van der Waals surface area contributed by atoms with Gasteiger partial charge in [0, 0.05) is 31.2 Å². The number of rotatable bonds is 2. The molecule has 2 aliphatic rings. The molecule has 1 aliphatic carbocycles. The van der Waals surface area contributed by atoms with Crippen LogP contribution in [-0.4, -0.2) is 36.1 Å². The Morgan fingerprint density at radius 1 is 1.16 bits per heavy atom. The molecule has 5 unspecified atom stereocenters. The van der Waals surface area contributed by atoms with Gasteiger partial charge in [-0.15, -0.1) is 0 Å². The molecule has 0 aromatic rings. The number of hydrogen-bond donors (Lipinski definition) is 1. The molecule has 1 aliphatic heterocycles. The van der Waals surface area contributed by atoms with Gasteiger partial charge in [0.25, 0.3) is 0 Å². The first kappa shape index (κ1) is 15.3. The summed E-state index contributed by atoms with van der Waals surface area (Å²) in [5.74, 6) is 1.78. The Bertz CT molecular complexity index is 294. The van der Waals surface area contributed by atoms with Crippen LogP contribution in [0.4, 0.5) is 0 Å². The van der Waals surface area contributed by atoms with Gasteiger partial charge in [-0.2, -0.15) is 0 Å². The van der Waals surface area contributed by atoms with Gasteiger partial charge in [0.2, 0.25) is 0 Å². The lowest BCUT2D eigenvalue weighted by molar-refractivity contribution is 0.0328. The Labute approximate surface area is 120 Å². The molecule has 0 bridgehead atoms. The van der Waals surface area contributed by atoms with Crippen LogP contribution in [0.5, 0.6) is 0 Å². The highest BCUT2D eigenvalue weighted by atomic mass is 15.3. The molecule has 0 amide bonds. The predicted molar refractivity (Wildman–Crippen MR) is 83.4 cm³/mol. The average Bonchev–Trinajstić information content (AvgIpc) is 2.68. The number of piperazine rings is 1. The first-order chi connectivity index (χ1) is 8.84. The van der Waals surface area contributed by atoms with E-state index in [1.165, 1.54) is 32.4 Å². The Morgan fingerprint density at radius 2 is 1.84 bits per heavy atom. The van der Waals surface area contributed by atoms with Crippen LogP contribution in [-0.2, 0) is 0 Å². The van der Waals surface area contributed by atoms with E-state index < -0.39 is 0 Å². The van der Waals surface area contributed by atoms with Crippen LogP contribution in [0.25, 0.3) is 0 Å². The fraction of sp³-hybridized carbons (Fsp3) is 1.00.